The van der Waals surface area contributed by atoms with Crippen molar-refractivity contribution in [3.8, 4) is 22.3 Å². The first kappa shape index (κ1) is 32.5. The first-order chi connectivity index (χ1) is 27.7. The number of benzene rings is 9. The molecule has 56 heavy (non-hydrogen) atoms. The van der Waals surface area contributed by atoms with Crippen LogP contribution in [0, 0.1) is 0 Å². The van der Waals surface area contributed by atoms with Gasteiger partial charge in [0.05, 0.1) is 11.1 Å². The minimum atomic E-state index is -0.450. The molecule has 1 nitrogen and oxygen atoms in total. The minimum absolute atomic E-state index is 0.310. The summed E-state index contributed by atoms with van der Waals surface area (Å²) >= 11 is 0. The van der Waals surface area contributed by atoms with Gasteiger partial charge in [0.2, 0.25) is 0 Å². The monoisotopic (exact) mass is 713 g/mol. The Morgan fingerprint density at radius 3 is 1.55 bits per heavy atom. The Morgan fingerprint density at radius 2 is 0.839 bits per heavy atom. The normalized spacial score (nSPS) is 15.8. The lowest BCUT2D eigenvalue weighted by Crippen LogP contribution is -2.28. The molecule has 0 N–H and O–H groups in total. The number of hydrogen-bond donors (Lipinski definition) is 0. The molecule has 0 bridgehead atoms. The fraction of sp³-hybridized carbons (Fsp3) is 0.0545. The SMILES string of the molecule is CC1(c2ccccc2)c2ccccc2-c2ccc(N(c3ccc4c(c3)-c3ccccc3C4(c3ccccc3)c3ccccc3)c3cccc4ccccc34)cc21. The average molecular weight is 714 g/mol. The van der Waals surface area contributed by atoms with Crippen molar-refractivity contribution in [2.24, 2.45) is 0 Å². The van der Waals surface area contributed by atoms with Gasteiger partial charge < -0.3 is 4.90 Å². The Bertz CT molecular complexity index is 2880. The van der Waals surface area contributed by atoms with Crippen LogP contribution in [0.4, 0.5) is 17.1 Å². The molecule has 9 aromatic carbocycles. The second kappa shape index (κ2) is 12.5. The first-order valence-corrected chi connectivity index (χ1v) is 19.6. The second-order valence-electron chi connectivity index (χ2n) is 15.4. The zero-order chi connectivity index (χ0) is 37.3. The van der Waals surface area contributed by atoms with Crippen LogP contribution in [0.1, 0.15) is 45.9 Å². The minimum Gasteiger partial charge on any atom is -0.310 e. The molecule has 0 radical (unpaired) electrons. The summed E-state index contributed by atoms with van der Waals surface area (Å²) in [6.07, 6.45) is 0. The highest BCUT2D eigenvalue weighted by atomic mass is 15.1. The molecule has 1 atom stereocenters. The quantitative estimate of drug-likeness (QED) is 0.166. The number of fused-ring (bicyclic) bond motifs is 7. The topological polar surface area (TPSA) is 3.24 Å². The highest BCUT2D eigenvalue weighted by molar-refractivity contribution is 6.00. The van der Waals surface area contributed by atoms with Crippen molar-refractivity contribution in [1.29, 1.82) is 0 Å². The Kier molecular flexibility index (Phi) is 7.28. The molecule has 0 saturated carbocycles. The molecule has 0 saturated heterocycles. The third-order valence-corrected chi connectivity index (χ3v) is 12.6. The van der Waals surface area contributed by atoms with Crippen LogP contribution in [0.25, 0.3) is 33.0 Å². The Balaban J connectivity index is 1.18. The van der Waals surface area contributed by atoms with E-state index in [0.29, 0.717) is 0 Å². The standard InChI is InChI=1S/C55H39N/c1-54(39-20-5-2-6-21-39)49-29-15-13-27-45(49)47-34-32-43(37-52(47)54)56(53-31-17-19-38-18-11-12-26-44(38)53)42-33-35-51-48(36-42)46-28-14-16-30-50(46)55(51,40-22-7-3-8-23-40)41-24-9-4-10-25-41/h2-37H,1H3. The maximum atomic E-state index is 2.49. The summed E-state index contributed by atoms with van der Waals surface area (Å²) in [4.78, 5) is 2.49. The van der Waals surface area contributed by atoms with Gasteiger partial charge in [0.15, 0.2) is 0 Å². The molecule has 1 unspecified atom stereocenters. The van der Waals surface area contributed by atoms with Gasteiger partial charge in [0.1, 0.15) is 0 Å². The fourth-order valence-electron chi connectivity index (χ4n) is 10.1. The molecule has 1 heteroatoms. The van der Waals surface area contributed by atoms with Gasteiger partial charge in [-0.25, -0.2) is 0 Å². The fourth-order valence-corrected chi connectivity index (χ4v) is 10.1. The summed E-state index contributed by atoms with van der Waals surface area (Å²) < 4.78 is 0. The van der Waals surface area contributed by atoms with E-state index in [1.807, 2.05) is 0 Å². The van der Waals surface area contributed by atoms with E-state index in [-0.39, 0.29) is 5.41 Å². The number of anilines is 3. The summed E-state index contributed by atoms with van der Waals surface area (Å²) in [7, 11) is 0. The Morgan fingerprint density at radius 1 is 0.339 bits per heavy atom. The van der Waals surface area contributed by atoms with Gasteiger partial charge in [-0.05, 0) is 104 Å². The molecule has 0 spiro atoms. The molecule has 0 fully saturated rings. The summed E-state index contributed by atoms with van der Waals surface area (Å²) in [6.45, 7) is 2.40. The van der Waals surface area contributed by atoms with Gasteiger partial charge in [-0.15, -0.1) is 0 Å². The van der Waals surface area contributed by atoms with Crippen molar-refractivity contribution in [2.75, 3.05) is 4.90 Å². The van der Waals surface area contributed by atoms with Gasteiger partial charge >= 0.3 is 0 Å². The molecule has 0 aliphatic heterocycles. The van der Waals surface area contributed by atoms with E-state index in [1.54, 1.807) is 0 Å². The summed E-state index contributed by atoms with van der Waals surface area (Å²) in [5.41, 5.74) is 16.9. The lowest BCUT2D eigenvalue weighted by molar-refractivity contribution is 0.714. The molecular formula is C55H39N. The third-order valence-electron chi connectivity index (χ3n) is 12.6. The van der Waals surface area contributed by atoms with Crippen molar-refractivity contribution in [3.05, 3.63) is 257 Å². The van der Waals surface area contributed by atoms with E-state index in [2.05, 4.69) is 230 Å². The second-order valence-corrected chi connectivity index (χ2v) is 15.4. The predicted octanol–water partition coefficient (Wildman–Crippen LogP) is 14.0. The number of rotatable bonds is 6. The molecule has 2 aliphatic carbocycles. The van der Waals surface area contributed by atoms with Crippen LogP contribution in [-0.4, -0.2) is 0 Å². The van der Waals surface area contributed by atoms with Crippen molar-refractivity contribution in [1.82, 2.24) is 0 Å². The van der Waals surface area contributed by atoms with Gasteiger partial charge in [0.25, 0.3) is 0 Å². The maximum Gasteiger partial charge on any atom is 0.0713 e. The Hall–Kier alpha value is -6.96. The highest BCUT2D eigenvalue weighted by Gasteiger charge is 2.46. The van der Waals surface area contributed by atoms with Gasteiger partial charge in [-0.1, -0.05) is 188 Å². The zero-order valence-corrected chi connectivity index (χ0v) is 31.2. The largest absolute Gasteiger partial charge is 0.310 e. The van der Waals surface area contributed by atoms with Crippen LogP contribution < -0.4 is 4.90 Å². The van der Waals surface area contributed by atoms with Crippen LogP contribution in [0.5, 0.6) is 0 Å². The average Bonchev–Trinajstić information content (AvgIpc) is 3.72. The summed E-state index contributed by atoms with van der Waals surface area (Å²) in [5.74, 6) is 0. The summed E-state index contributed by atoms with van der Waals surface area (Å²) in [5, 5.41) is 2.43. The zero-order valence-electron chi connectivity index (χ0n) is 31.2. The van der Waals surface area contributed by atoms with E-state index in [0.717, 1.165) is 17.1 Å². The van der Waals surface area contributed by atoms with E-state index in [1.165, 1.54) is 72.0 Å². The number of nitrogens with zero attached hydrogens (tertiary/aromatic N) is 1. The van der Waals surface area contributed by atoms with Crippen LogP contribution >= 0.6 is 0 Å². The molecule has 0 heterocycles. The molecule has 11 rings (SSSR count). The van der Waals surface area contributed by atoms with E-state index in [9.17, 15) is 0 Å². The maximum absolute atomic E-state index is 2.49. The van der Waals surface area contributed by atoms with Crippen molar-refractivity contribution >= 4 is 27.8 Å². The molecule has 0 amide bonds. The lowest BCUT2D eigenvalue weighted by atomic mass is 9.68. The first-order valence-electron chi connectivity index (χ1n) is 19.6. The van der Waals surface area contributed by atoms with Crippen LogP contribution in [0.3, 0.4) is 0 Å². The van der Waals surface area contributed by atoms with Crippen molar-refractivity contribution in [2.45, 2.75) is 17.8 Å². The van der Waals surface area contributed by atoms with Crippen LogP contribution in [0.2, 0.25) is 0 Å². The molecule has 9 aromatic rings. The van der Waals surface area contributed by atoms with Crippen molar-refractivity contribution in [3.63, 3.8) is 0 Å². The lowest BCUT2D eigenvalue weighted by Gasteiger charge is -2.34. The van der Waals surface area contributed by atoms with E-state index < -0.39 is 5.41 Å². The van der Waals surface area contributed by atoms with Crippen LogP contribution in [-0.2, 0) is 10.8 Å². The smallest absolute Gasteiger partial charge is 0.0713 e. The Labute approximate surface area is 328 Å². The predicted molar refractivity (Wildman–Crippen MR) is 233 cm³/mol. The van der Waals surface area contributed by atoms with E-state index in [4.69, 9.17) is 0 Å². The molecule has 2 aliphatic rings. The van der Waals surface area contributed by atoms with Gasteiger partial charge in [-0.2, -0.15) is 0 Å². The highest BCUT2D eigenvalue weighted by Crippen LogP contribution is 2.58. The van der Waals surface area contributed by atoms with Gasteiger partial charge in [-0.3, -0.25) is 0 Å². The van der Waals surface area contributed by atoms with Crippen LogP contribution in [0.15, 0.2) is 218 Å². The summed E-state index contributed by atoms with van der Waals surface area (Å²) in [6, 6.07) is 80.9. The van der Waals surface area contributed by atoms with Gasteiger partial charge in [0, 0.05) is 22.2 Å². The van der Waals surface area contributed by atoms with E-state index >= 15 is 0 Å². The molecule has 264 valence electrons. The third kappa shape index (κ3) is 4.55. The molecular weight excluding hydrogens is 675 g/mol. The van der Waals surface area contributed by atoms with Crippen molar-refractivity contribution < 1.29 is 0 Å². The molecule has 0 aromatic heterocycles. The number of hydrogen-bond acceptors (Lipinski definition) is 1.